The van der Waals surface area contributed by atoms with Crippen LogP contribution in [0.2, 0.25) is 0 Å². The Bertz CT molecular complexity index is 2560. The second-order valence-electron chi connectivity index (χ2n) is 16.7. The SMILES string of the molecule is C=CC(=C)NC(=O)c1cc(OC)c(OCc2cc(COc3cc(NCC)c(C(=O)NC(=C)C=C)cc3OC)cc(NC(=O)CNC(=O)CNC(=O)CNC(=O)C3CCC(C(C)=O)CC3)c2)cc1N=CCCC. The Kier molecular flexibility index (Phi) is 22.3. The number of carbonyl (C=O) groups is 7. The molecule has 1 aliphatic carbocycles. The first-order chi connectivity index (χ1) is 34.5. The van der Waals surface area contributed by atoms with E-state index in [9.17, 15) is 33.6 Å². The highest BCUT2D eigenvalue weighted by Gasteiger charge is 2.28. The Balaban J connectivity index is 1.53. The van der Waals surface area contributed by atoms with E-state index in [2.05, 4.69) is 68.5 Å². The number of ketones is 1. The van der Waals surface area contributed by atoms with E-state index < -0.39 is 42.6 Å². The first kappa shape index (κ1) is 56.4. The number of benzene rings is 3. The smallest absolute Gasteiger partial charge is 0.257 e. The molecular formula is C53H66N8O11. The minimum Gasteiger partial charge on any atom is -0.493 e. The first-order valence-corrected chi connectivity index (χ1v) is 23.5. The second kappa shape index (κ2) is 28.4. The van der Waals surface area contributed by atoms with Crippen LogP contribution < -0.4 is 56.2 Å². The van der Waals surface area contributed by atoms with E-state index in [1.54, 1.807) is 43.5 Å². The minimum absolute atomic E-state index is 0.0385. The maximum absolute atomic E-state index is 13.3. The molecule has 19 nitrogen and oxygen atoms in total. The molecule has 0 aromatic heterocycles. The zero-order valence-electron chi connectivity index (χ0n) is 41.7. The molecule has 0 spiro atoms. The molecule has 384 valence electrons. The van der Waals surface area contributed by atoms with Crippen molar-refractivity contribution in [3.8, 4) is 23.0 Å². The summed E-state index contributed by atoms with van der Waals surface area (Å²) in [4.78, 5) is 93.7. The molecule has 0 heterocycles. The lowest BCUT2D eigenvalue weighted by Crippen LogP contribution is -2.44. The number of carbonyl (C=O) groups excluding carboxylic acids is 7. The highest BCUT2D eigenvalue weighted by molar-refractivity contribution is 6.02. The van der Waals surface area contributed by atoms with E-state index in [1.807, 2.05) is 13.8 Å². The van der Waals surface area contributed by atoms with E-state index >= 15 is 0 Å². The van der Waals surface area contributed by atoms with Gasteiger partial charge in [0.25, 0.3) is 11.8 Å². The molecule has 0 radical (unpaired) electrons. The number of Topliss-reactive ketones (excluding diaryl/α,β-unsaturated/α-hetero) is 1. The third-order valence-corrected chi connectivity index (χ3v) is 11.2. The maximum atomic E-state index is 13.3. The number of allylic oxidation sites excluding steroid dienone is 2. The van der Waals surface area contributed by atoms with Crippen molar-refractivity contribution in [2.75, 3.05) is 51.0 Å². The van der Waals surface area contributed by atoms with E-state index in [-0.39, 0.29) is 71.7 Å². The number of methoxy groups -OCH3 is 2. The van der Waals surface area contributed by atoms with Gasteiger partial charge >= 0.3 is 0 Å². The van der Waals surface area contributed by atoms with Crippen LogP contribution in [0.4, 0.5) is 17.1 Å². The highest BCUT2D eigenvalue weighted by Crippen LogP contribution is 2.37. The third kappa shape index (κ3) is 17.3. The Morgan fingerprint density at radius 2 is 1.17 bits per heavy atom. The summed E-state index contributed by atoms with van der Waals surface area (Å²) in [7, 11) is 2.87. The Morgan fingerprint density at radius 1 is 0.653 bits per heavy atom. The van der Waals surface area contributed by atoms with Gasteiger partial charge in [-0.25, -0.2) is 0 Å². The molecule has 0 bridgehead atoms. The molecule has 0 unspecified atom stereocenters. The number of amides is 6. The van der Waals surface area contributed by atoms with Gasteiger partial charge in [0.05, 0.1) is 56.4 Å². The number of nitrogens with zero attached hydrogens (tertiary/aromatic N) is 1. The quantitative estimate of drug-likeness (QED) is 0.0311. The van der Waals surface area contributed by atoms with Crippen molar-refractivity contribution in [3.63, 3.8) is 0 Å². The van der Waals surface area contributed by atoms with Gasteiger partial charge in [0, 0.05) is 53.8 Å². The number of unbranched alkanes of at least 4 members (excludes halogenated alkanes) is 1. The predicted octanol–water partition coefficient (Wildman–Crippen LogP) is 6.34. The van der Waals surface area contributed by atoms with Crippen LogP contribution in [0.15, 0.2) is 97.3 Å². The zero-order valence-corrected chi connectivity index (χ0v) is 41.7. The van der Waals surface area contributed by atoms with Crippen molar-refractivity contribution >= 4 is 64.5 Å². The van der Waals surface area contributed by atoms with Gasteiger partial charge in [-0.15, -0.1) is 0 Å². The molecule has 72 heavy (non-hydrogen) atoms. The van der Waals surface area contributed by atoms with Crippen LogP contribution in [-0.2, 0) is 37.2 Å². The number of hydrogen-bond acceptors (Lipinski definition) is 13. The molecule has 19 heteroatoms. The average Bonchev–Trinajstić information content (AvgIpc) is 3.37. The molecule has 0 aliphatic heterocycles. The van der Waals surface area contributed by atoms with Gasteiger partial charge in [0.15, 0.2) is 23.0 Å². The molecule has 7 N–H and O–H groups in total. The van der Waals surface area contributed by atoms with Crippen molar-refractivity contribution < 1.29 is 52.5 Å². The lowest BCUT2D eigenvalue weighted by Gasteiger charge is -2.26. The summed E-state index contributed by atoms with van der Waals surface area (Å²) in [5.41, 5.74) is 3.32. The summed E-state index contributed by atoms with van der Waals surface area (Å²) in [6, 6.07) is 11.4. The second-order valence-corrected chi connectivity index (χ2v) is 16.7. The largest absolute Gasteiger partial charge is 0.493 e. The summed E-state index contributed by atoms with van der Waals surface area (Å²) < 4.78 is 23.9. The fraction of sp³-hybridized carbons (Fsp3) is 0.358. The molecule has 1 saturated carbocycles. The topological polar surface area (TPSA) is 253 Å². The maximum Gasteiger partial charge on any atom is 0.257 e. The molecule has 4 rings (SSSR count). The lowest BCUT2D eigenvalue weighted by atomic mass is 9.80. The van der Waals surface area contributed by atoms with Crippen LogP contribution in [-0.4, -0.2) is 87.8 Å². The normalized spacial score (nSPS) is 13.8. The summed E-state index contributed by atoms with van der Waals surface area (Å²) in [5.74, 6) is -2.18. The van der Waals surface area contributed by atoms with E-state index in [0.717, 1.165) is 6.42 Å². The molecule has 6 amide bonds. The number of ether oxygens (including phenoxy) is 4. The highest BCUT2D eigenvalue weighted by atomic mass is 16.5. The monoisotopic (exact) mass is 990 g/mol. The van der Waals surface area contributed by atoms with E-state index in [4.69, 9.17) is 18.9 Å². The van der Waals surface area contributed by atoms with Crippen molar-refractivity contribution in [3.05, 3.63) is 115 Å². The number of nitrogens with one attached hydrogen (secondary N) is 7. The van der Waals surface area contributed by atoms with Gasteiger partial charge in [-0.1, -0.05) is 39.7 Å². The first-order valence-electron chi connectivity index (χ1n) is 23.5. The molecule has 1 aliphatic rings. The van der Waals surface area contributed by atoms with Gasteiger partial charge in [0.2, 0.25) is 23.6 Å². The van der Waals surface area contributed by atoms with Crippen LogP contribution in [0.25, 0.3) is 0 Å². The summed E-state index contributed by atoms with van der Waals surface area (Å²) >= 11 is 0. The fourth-order valence-electron chi connectivity index (χ4n) is 7.37. The predicted molar refractivity (Wildman–Crippen MR) is 276 cm³/mol. The molecule has 0 atom stereocenters. The van der Waals surface area contributed by atoms with Gasteiger partial charge < -0.3 is 56.2 Å². The average molecular weight is 991 g/mol. The van der Waals surface area contributed by atoms with Gasteiger partial charge in [0.1, 0.15) is 19.0 Å². The standard InChI is InChI=1S/C53H66N8O11/c1-10-14-19-55-43-26-47(45(70-9)24-41(43)53(68)60-33(6)12-3)72-31-36-20-35(30-71-46-25-42(54-13-4)40(23-44(46)69-8)52(67)59-32(5)11-2)21-39(22-36)61-50(65)29-57-48(63)27-56-49(64)28-58-51(66)38-17-15-37(16-18-38)34(7)62/h11-12,19-26,37-38,54H,2-3,5-6,10,13-18,27-31H2,1,4,7-9H3,(H,56,64)(H,57,63)(H,58,66)(H,59,67)(H,60,68)(H,61,65). The lowest BCUT2D eigenvalue weighted by molar-refractivity contribution is -0.131. The van der Waals surface area contributed by atoms with Crippen molar-refractivity contribution in [2.24, 2.45) is 16.8 Å². The van der Waals surface area contributed by atoms with Crippen LogP contribution >= 0.6 is 0 Å². The molecular weight excluding hydrogens is 925 g/mol. The number of aliphatic imine (C=N–C) groups is 1. The van der Waals surface area contributed by atoms with Crippen molar-refractivity contribution in [1.29, 1.82) is 0 Å². The van der Waals surface area contributed by atoms with Crippen molar-refractivity contribution in [2.45, 2.75) is 72.5 Å². The summed E-state index contributed by atoms with van der Waals surface area (Å²) in [6.45, 7) is 19.4. The van der Waals surface area contributed by atoms with Gasteiger partial charge in [-0.2, -0.15) is 0 Å². The van der Waals surface area contributed by atoms with E-state index in [1.165, 1.54) is 38.5 Å². The minimum atomic E-state index is -0.648. The molecule has 0 saturated heterocycles. The zero-order chi connectivity index (χ0) is 52.7. The van der Waals surface area contributed by atoms with Crippen molar-refractivity contribution in [1.82, 2.24) is 26.6 Å². The Labute approximate surface area is 420 Å². The Morgan fingerprint density at radius 3 is 1.69 bits per heavy atom. The number of rotatable bonds is 28. The van der Waals surface area contributed by atoms with Crippen LogP contribution in [0.5, 0.6) is 23.0 Å². The summed E-state index contributed by atoms with van der Waals surface area (Å²) in [6.07, 6.45) is 8.40. The molecule has 3 aromatic carbocycles. The number of anilines is 2. The fourth-order valence-corrected chi connectivity index (χ4v) is 7.37. The Hall–Kier alpha value is -8.22. The van der Waals surface area contributed by atoms with Crippen LogP contribution in [0.1, 0.15) is 91.1 Å². The third-order valence-electron chi connectivity index (χ3n) is 11.2. The molecule has 3 aromatic rings. The molecule has 1 fully saturated rings. The van der Waals surface area contributed by atoms with Crippen LogP contribution in [0.3, 0.4) is 0 Å². The number of hydrogen-bond donors (Lipinski definition) is 7. The van der Waals surface area contributed by atoms with Gasteiger partial charge in [-0.3, -0.25) is 38.6 Å². The van der Waals surface area contributed by atoms with E-state index in [0.29, 0.717) is 84.0 Å². The van der Waals surface area contributed by atoms with Crippen LogP contribution in [0, 0.1) is 11.8 Å². The van der Waals surface area contributed by atoms with Gasteiger partial charge in [-0.05, 0) is 99.6 Å². The summed E-state index contributed by atoms with van der Waals surface area (Å²) in [5, 5.41) is 18.8.